The van der Waals surface area contributed by atoms with E-state index in [1.807, 2.05) is 18.2 Å². The number of methoxy groups -OCH3 is 1. The van der Waals surface area contributed by atoms with E-state index in [0.29, 0.717) is 17.3 Å². The van der Waals surface area contributed by atoms with Crippen LogP contribution in [0.4, 0.5) is 5.82 Å². The number of carbonyl (C=O) groups excluding carboxylic acids is 1. The summed E-state index contributed by atoms with van der Waals surface area (Å²) in [6.07, 6.45) is 2.22. The van der Waals surface area contributed by atoms with Crippen molar-refractivity contribution in [3.05, 3.63) is 78.0 Å². The van der Waals surface area contributed by atoms with Crippen molar-refractivity contribution in [1.82, 2.24) is 10.3 Å². The molecule has 0 aliphatic rings. The van der Waals surface area contributed by atoms with Gasteiger partial charge in [-0.15, -0.1) is 0 Å². The number of anilines is 1. The zero-order chi connectivity index (χ0) is 24.5. The molecule has 0 radical (unpaired) electrons. The van der Waals surface area contributed by atoms with Gasteiger partial charge in [-0.05, 0) is 41.7 Å². The van der Waals surface area contributed by atoms with Crippen molar-refractivity contribution in [3.63, 3.8) is 0 Å². The summed E-state index contributed by atoms with van der Waals surface area (Å²) in [5.74, 6) is 0.560. The maximum absolute atomic E-state index is 12.2. The average Bonchev–Trinajstić information content (AvgIpc) is 2.83. The fourth-order valence-corrected chi connectivity index (χ4v) is 3.72. The number of hydrogen-bond acceptors (Lipinski definition) is 5. The molecule has 0 aliphatic carbocycles. The SMILES string of the molecule is COc1cc(-c2ccccc2)ccc1C(CC(C)C)Nc1ccc(C(=O)NCCC(=O)O)cn1. The smallest absolute Gasteiger partial charge is 0.305 e. The summed E-state index contributed by atoms with van der Waals surface area (Å²) in [5, 5.41) is 14.8. The minimum Gasteiger partial charge on any atom is -0.496 e. The van der Waals surface area contributed by atoms with Gasteiger partial charge in [-0.3, -0.25) is 9.59 Å². The summed E-state index contributed by atoms with van der Waals surface area (Å²) in [4.78, 5) is 27.2. The van der Waals surface area contributed by atoms with E-state index in [0.717, 1.165) is 28.9 Å². The van der Waals surface area contributed by atoms with E-state index in [-0.39, 0.29) is 24.9 Å². The number of hydrogen-bond donors (Lipinski definition) is 3. The van der Waals surface area contributed by atoms with E-state index in [1.54, 1.807) is 19.2 Å². The van der Waals surface area contributed by atoms with Gasteiger partial charge in [0.15, 0.2) is 0 Å². The standard InChI is InChI=1S/C27H31N3O4/c1-18(2)15-23(22-11-9-20(16-24(22)34-3)19-7-5-4-6-8-19)30-25-12-10-21(17-29-25)27(33)28-14-13-26(31)32/h4-12,16-18,23H,13-15H2,1-3H3,(H,28,33)(H,29,30)(H,31,32). The topological polar surface area (TPSA) is 101 Å². The number of aliphatic carboxylic acids is 1. The number of pyridine rings is 1. The van der Waals surface area contributed by atoms with Crippen molar-refractivity contribution in [2.75, 3.05) is 19.0 Å². The molecule has 0 aliphatic heterocycles. The first-order chi connectivity index (χ1) is 16.4. The Morgan fingerprint density at radius 3 is 2.41 bits per heavy atom. The molecular weight excluding hydrogens is 430 g/mol. The number of benzene rings is 2. The van der Waals surface area contributed by atoms with Gasteiger partial charge >= 0.3 is 5.97 Å². The minimum atomic E-state index is -0.957. The number of rotatable bonds is 11. The summed E-state index contributed by atoms with van der Waals surface area (Å²) < 4.78 is 5.76. The second-order valence-electron chi connectivity index (χ2n) is 8.48. The fourth-order valence-electron chi connectivity index (χ4n) is 3.72. The zero-order valence-corrected chi connectivity index (χ0v) is 19.7. The number of amides is 1. The second-order valence-corrected chi connectivity index (χ2v) is 8.48. The van der Waals surface area contributed by atoms with Crippen LogP contribution in [0.25, 0.3) is 11.1 Å². The molecule has 2 aromatic carbocycles. The molecule has 3 rings (SSSR count). The minimum absolute atomic E-state index is 0.0393. The molecule has 7 nitrogen and oxygen atoms in total. The fraction of sp³-hybridized carbons (Fsp3) is 0.296. The summed E-state index contributed by atoms with van der Waals surface area (Å²) in [6, 6.07) is 19.8. The Morgan fingerprint density at radius 1 is 1.03 bits per heavy atom. The van der Waals surface area contributed by atoms with Crippen LogP contribution in [0.15, 0.2) is 66.9 Å². The van der Waals surface area contributed by atoms with Crippen molar-refractivity contribution < 1.29 is 19.4 Å². The Bertz CT molecular complexity index is 1100. The monoisotopic (exact) mass is 461 g/mol. The predicted molar refractivity (Wildman–Crippen MR) is 133 cm³/mol. The third-order valence-electron chi connectivity index (χ3n) is 5.40. The molecule has 178 valence electrons. The molecule has 7 heteroatoms. The van der Waals surface area contributed by atoms with E-state index < -0.39 is 5.97 Å². The Hall–Kier alpha value is -3.87. The van der Waals surface area contributed by atoms with Crippen LogP contribution in [0.1, 0.15) is 48.7 Å². The Labute approximate surface area is 200 Å². The number of aromatic nitrogens is 1. The number of carboxylic acids is 1. The number of carbonyl (C=O) groups is 2. The van der Waals surface area contributed by atoms with Gasteiger partial charge in [0, 0.05) is 18.3 Å². The first kappa shape index (κ1) is 24.8. The number of carboxylic acid groups (broad SMARTS) is 1. The van der Waals surface area contributed by atoms with E-state index in [9.17, 15) is 9.59 Å². The highest BCUT2D eigenvalue weighted by molar-refractivity contribution is 5.94. The van der Waals surface area contributed by atoms with E-state index in [2.05, 4.69) is 59.8 Å². The molecule has 0 bridgehead atoms. The molecule has 0 saturated heterocycles. The number of nitrogens with one attached hydrogen (secondary N) is 2. The summed E-state index contributed by atoms with van der Waals surface area (Å²) in [6.45, 7) is 4.40. The van der Waals surface area contributed by atoms with Gasteiger partial charge in [0.1, 0.15) is 11.6 Å². The first-order valence-electron chi connectivity index (χ1n) is 11.3. The molecule has 1 amide bonds. The van der Waals surface area contributed by atoms with E-state index in [4.69, 9.17) is 9.84 Å². The molecule has 1 atom stereocenters. The van der Waals surface area contributed by atoms with Crippen molar-refractivity contribution in [2.24, 2.45) is 5.92 Å². The first-order valence-corrected chi connectivity index (χ1v) is 11.3. The summed E-state index contributed by atoms with van der Waals surface area (Å²) in [5.41, 5.74) is 3.62. The van der Waals surface area contributed by atoms with E-state index in [1.165, 1.54) is 6.20 Å². The normalized spacial score (nSPS) is 11.6. The lowest BCUT2D eigenvalue weighted by molar-refractivity contribution is -0.136. The Kier molecular flexibility index (Phi) is 8.62. The van der Waals surface area contributed by atoms with Crippen LogP contribution < -0.4 is 15.4 Å². The Balaban J connectivity index is 1.78. The van der Waals surface area contributed by atoms with Crippen molar-refractivity contribution in [3.8, 4) is 16.9 Å². The third-order valence-corrected chi connectivity index (χ3v) is 5.40. The quantitative estimate of drug-likeness (QED) is 0.365. The van der Waals surface area contributed by atoms with Crippen LogP contribution in [-0.4, -0.2) is 35.6 Å². The molecule has 0 spiro atoms. The lowest BCUT2D eigenvalue weighted by Gasteiger charge is -2.24. The molecule has 3 N–H and O–H groups in total. The van der Waals surface area contributed by atoms with Gasteiger partial charge in [-0.25, -0.2) is 4.98 Å². The van der Waals surface area contributed by atoms with Gasteiger partial charge in [-0.2, -0.15) is 0 Å². The van der Waals surface area contributed by atoms with Crippen molar-refractivity contribution >= 4 is 17.7 Å². The average molecular weight is 462 g/mol. The van der Waals surface area contributed by atoms with Crippen molar-refractivity contribution in [2.45, 2.75) is 32.7 Å². The second kappa shape index (κ2) is 11.8. The van der Waals surface area contributed by atoms with Gasteiger partial charge in [-0.1, -0.05) is 56.3 Å². The molecule has 1 unspecified atom stereocenters. The highest BCUT2D eigenvalue weighted by Crippen LogP contribution is 2.35. The molecule has 34 heavy (non-hydrogen) atoms. The van der Waals surface area contributed by atoms with Crippen LogP contribution in [0.2, 0.25) is 0 Å². The summed E-state index contributed by atoms with van der Waals surface area (Å²) >= 11 is 0. The lowest BCUT2D eigenvalue weighted by atomic mass is 9.94. The Morgan fingerprint density at radius 2 is 1.79 bits per heavy atom. The van der Waals surface area contributed by atoms with Crippen LogP contribution in [0, 0.1) is 5.92 Å². The van der Waals surface area contributed by atoms with Gasteiger partial charge in [0.05, 0.1) is 25.1 Å². The van der Waals surface area contributed by atoms with Crippen LogP contribution >= 0.6 is 0 Å². The largest absolute Gasteiger partial charge is 0.496 e. The highest BCUT2D eigenvalue weighted by atomic mass is 16.5. The molecule has 1 heterocycles. The molecule has 3 aromatic rings. The molecule has 1 aromatic heterocycles. The van der Waals surface area contributed by atoms with Crippen LogP contribution in [0.5, 0.6) is 5.75 Å². The van der Waals surface area contributed by atoms with Crippen LogP contribution in [-0.2, 0) is 4.79 Å². The highest BCUT2D eigenvalue weighted by Gasteiger charge is 2.19. The maximum Gasteiger partial charge on any atom is 0.305 e. The summed E-state index contributed by atoms with van der Waals surface area (Å²) in [7, 11) is 1.68. The zero-order valence-electron chi connectivity index (χ0n) is 19.7. The van der Waals surface area contributed by atoms with Crippen LogP contribution in [0.3, 0.4) is 0 Å². The van der Waals surface area contributed by atoms with E-state index >= 15 is 0 Å². The third kappa shape index (κ3) is 6.81. The van der Waals surface area contributed by atoms with Crippen molar-refractivity contribution in [1.29, 1.82) is 0 Å². The molecule has 0 fully saturated rings. The lowest BCUT2D eigenvalue weighted by Crippen LogP contribution is -2.26. The number of ether oxygens (including phenoxy) is 1. The van der Waals surface area contributed by atoms with Gasteiger partial charge in [0.2, 0.25) is 0 Å². The van der Waals surface area contributed by atoms with Gasteiger partial charge < -0.3 is 20.5 Å². The molecule has 0 saturated carbocycles. The molecular formula is C27H31N3O4. The maximum atomic E-state index is 12.2. The predicted octanol–water partition coefficient (Wildman–Crippen LogP) is 5.16. The van der Waals surface area contributed by atoms with Gasteiger partial charge in [0.25, 0.3) is 5.91 Å². The number of nitrogens with zero attached hydrogens (tertiary/aromatic N) is 1.